The first-order valence-electron chi connectivity index (χ1n) is 9.37. The van der Waals surface area contributed by atoms with Crippen LogP contribution in [0, 0.1) is 18.3 Å². The van der Waals surface area contributed by atoms with Crippen molar-refractivity contribution in [1.82, 2.24) is 15.1 Å². The quantitative estimate of drug-likeness (QED) is 0.576. The molecule has 1 heterocycles. The van der Waals surface area contributed by atoms with Gasteiger partial charge in [0.15, 0.2) is 6.61 Å². The third-order valence-corrected chi connectivity index (χ3v) is 4.41. The van der Waals surface area contributed by atoms with E-state index in [0.29, 0.717) is 42.2 Å². The molecular weight excluding hydrogens is 366 g/mol. The van der Waals surface area contributed by atoms with E-state index in [1.807, 2.05) is 61.5 Å². The summed E-state index contributed by atoms with van der Waals surface area (Å²) < 4.78 is 7.03. The lowest BCUT2D eigenvalue weighted by Gasteiger charge is -2.07. The third-order valence-electron chi connectivity index (χ3n) is 4.41. The van der Waals surface area contributed by atoms with Crippen molar-refractivity contribution in [2.24, 2.45) is 0 Å². The molecule has 0 fully saturated rings. The van der Waals surface area contributed by atoms with Gasteiger partial charge in [-0.3, -0.25) is 4.79 Å². The van der Waals surface area contributed by atoms with Crippen molar-refractivity contribution in [2.75, 3.05) is 18.9 Å². The number of hydrogen-bond donors (Lipinski definition) is 2. The zero-order valence-electron chi connectivity index (χ0n) is 16.3. The summed E-state index contributed by atoms with van der Waals surface area (Å²) in [5, 5.41) is 16.7. The molecule has 2 aromatic carbocycles. The van der Waals surface area contributed by atoms with Gasteiger partial charge in [-0.2, -0.15) is 10.4 Å². The highest BCUT2D eigenvalue weighted by Crippen LogP contribution is 2.21. The van der Waals surface area contributed by atoms with E-state index in [9.17, 15) is 10.1 Å². The number of hydrogen-bond acceptors (Lipinski definition) is 5. The number of nitrogens with zero attached hydrogens (tertiary/aromatic N) is 3. The molecule has 0 atom stereocenters. The van der Waals surface area contributed by atoms with E-state index in [0.717, 1.165) is 11.3 Å². The number of nitrogens with two attached hydrogens (primary N) is 1. The van der Waals surface area contributed by atoms with E-state index in [1.54, 1.807) is 4.68 Å². The zero-order valence-corrected chi connectivity index (χ0v) is 16.3. The summed E-state index contributed by atoms with van der Waals surface area (Å²) >= 11 is 0. The Labute approximate surface area is 169 Å². The molecule has 7 heteroatoms. The summed E-state index contributed by atoms with van der Waals surface area (Å²) in [5.41, 5.74) is 9.03. The highest BCUT2D eigenvalue weighted by molar-refractivity contribution is 5.77. The van der Waals surface area contributed by atoms with Gasteiger partial charge in [0.25, 0.3) is 5.91 Å². The largest absolute Gasteiger partial charge is 0.484 e. The fourth-order valence-electron chi connectivity index (χ4n) is 2.86. The lowest BCUT2D eigenvalue weighted by Crippen LogP contribution is -2.29. The van der Waals surface area contributed by atoms with Crippen LogP contribution < -0.4 is 15.8 Å². The fraction of sp³-hybridized carbons (Fsp3) is 0.227. The van der Waals surface area contributed by atoms with Crippen LogP contribution in [0.3, 0.4) is 0 Å². The highest BCUT2D eigenvalue weighted by Gasteiger charge is 2.16. The monoisotopic (exact) mass is 389 g/mol. The smallest absolute Gasteiger partial charge is 0.257 e. The molecular formula is C22H23N5O2. The SMILES string of the molecule is Cc1ccc(OCC(=O)NCCCc2nn(-c3ccccc3)c(N)c2C#N)cc1. The average Bonchev–Trinajstić information content (AvgIpc) is 3.06. The molecule has 3 N–H and O–H groups in total. The number of carbonyl (C=O) groups is 1. The molecule has 1 aromatic heterocycles. The van der Waals surface area contributed by atoms with Crippen LogP contribution in [0.25, 0.3) is 5.69 Å². The number of rotatable bonds is 8. The summed E-state index contributed by atoms with van der Waals surface area (Å²) in [6.07, 6.45) is 1.17. The van der Waals surface area contributed by atoms with Crippen LogP contribution in [-0.4, -0.2) is 28.8 Å². The maximum absolute atomic E-state index is 11.9. The average molecular weight is 389 g/mol. The van der Waals surface area contributed by atoms with Crippen LogP contribution in [0.5, 0.6) is 5.75 Å². The van der Waals surface area contributed by atoms with Crippen LogP contribution in [-0.2, 0) is 11.2 Å². The maximum atomic E-state index is 11.9. The minimum absolute atomic E-state index is 0.0396. The number of benzene rings is 2. The molecule has 0 radical (unpaired) electrons. The first-order valence-corrected chi connectivity index (χ1v) is 9.37. The van der Waals surface area contributed by atoms with E-state index >= 15 is 0 Å². The highest BCUT2D eigenvalue weighted by atomic mass is 16.5. The molecule has 29 heavy (non-hydrogen) atoms. The number of carbonyl (C=O) groups excluding carboxylic acids is 1. The summed E-state index contributed by atoms with van der Waals surface area (Å²) in [7, 11) is 0. The van der Waals surface area contributed by atoms with E-state index in [-0.39, 0.29) is 12.5 Å². The Kier molecular flexibility index (Phi) is 6.48. The van der Waals surface area contributed by atoms with Crippen LogP contribution in [0.2, 0.25) is 0 Å². The van der Waals surface area contributed by atoms with Crippen LogP contribution in [0.4, 0.5) is 5.82 Å². The van der Waals surface area contributed by atoms with Gasteiger partial charge in [-0.1, -0.05) is 35.9 Å². The molecule has 0 saturated heterocycles. The second kappa shape index (κ2) is 9.42. The topological polar surface area (TPSA) is 106 Å². The van der Waals surface area contributed by atoms with Gasteiger partial charge in [0.1, 0.15) is 23.2 Å². The van der Waals surface area contributed by atoms with Gasteiger partial charge in [-0.05, 0) is 44.0 Å². The number of ether oxygens (including phenoxy) is 1. The van der Waals surface area contributed by atoms with Gasteiger partial charge in [0.05, 0.1) is 11.4 Å². The number of nitrogen functional groups attached to an aromatic ring is 1. The van der Waals surface area contributed by atoms with Crippen LogP contribution in [0.1, 0.15) is 23.2 Å². The van der Waals surface area contributed by atoms with Crippen molar-refractivity contribution in [3.63, 3.8) is 0 Å². The second-order valence-corrected chi connectivity index (χ2v) is 6.62. The van der Waals surface area contributed by atoms with Crippen LogP contribution in [0.15, 0.2) is 54.6 Å². The van der Waals surface area contributed by atoms with Crippen LogP contribution >= 0.6 is 0 Å². The predicted molar refractivity (Wildman–Crippen MR) is 111 cm³/mol. The summed E-state index contributed by atoms with van der Waals surface area (Å²) in [4.78, 5) is 11.9. The Morgan fingerprint density at radius 2 is 1.93 bits per heavy atom. The van der Waals surface area contributed by atoms with Crippen molar-refractivity contribution in [3.05, 3.63) is 71.4 Å². The number of amides is 1. The lowest BCUT2D eigenvalue weighted by atomic mass is 10.1. The van der Waals surface area contributed by atoms with Gasteiger partial charge in [0.2, 0.25) is 0 Å². The molecule has 0 spiro atoms. The van der Waals surface area contributed by atoms with E-state index in [1.165, 1.54) is 0 Å². The van der Waals surface area contributed by atoms with Gasteiger partial charge < -0.3 is 15.8 Å². The minimum Gasteiger partial charge on any atom is -0.484 e. The molecule has 3 rings (SSSR count). The molecule has 0 aliphatic carbocycles. The molecule has 0 saturated carbocycles. The van der Waals surface area contributed by atoms with Crippen molar-refractivity contribution in [2.45, 2.75) is 19.8 Å². The van der Waals surface area contributed by atoms with E-state index < -0.39 is 0 Å². The molecule has 148 valence electrons. The summed E-state index contributed by atoms with van der Waals surface area (Å²) in [6.45, 7) is 2.41. The number of aromatic nitrogens is 2. The second-order valence-electron chi connectivity index (χ2n) is 6.62. The number of anilines is 1. The first-order chi connectivity index (χ1) is 14.1. The zero-order chi connectivity index (χ0) is 20.6. The van der Waals surface area contributed by atoms with Crippen molar-refractivity contribution >= 4 is 11.7 Å². The van der Waals surface area contributed by atoms with E-state index in [2.05, 4.69) is 16.5 Å². The fourth-order valence-corrected chi connectivity index (χ4v) is 2.86. The third kappa shape index (κ3) is 5.14. The Hall–Kier alpha value is -3.79. The minimum atomic E-state index is -0.194. The Morgan fingerprint density at radius 3 is 2.62 bits per heavy atom. The Morgan fingerprint density at radius 1 is 1.21 bits per heavy atom. The van der Waals surface area contributed by atoms with E-state index in [4.69, 9.17) is 10.5 Å². The number of aryl methyl sites for hydroxylation is 2. The summed E-state index contributed by atoms with van der Waals surface area (Å²) in [5.74, 6) is 0.788. The Bertz CT molecular complexity index is 1000. The Balaban J connectivity index is 1.49. The van der Waals surface area contributed by atoms with Gasteiger partial charge >= 0.3 is 0 Å². The predicted octanol–water partition coefficient (Wildman–Crippen LogP) is 2.76. The standard InChI is InChI=1S/C22H23N5O2/c1-16-9-11-18(12-10-16)29-15-21(28)25-13-5-8-20-19(14-23)22(24)27(26-20)17-6-3-2-4-7-17/h2-4,6-7,9-12H,5,8,13,15,24H2,1H3,(H,25,28). The lowest BCUT2D eigenvalue weighted by molar-refractivity contribution is -0.123. The van der Waals surface area contributed by atoms with Gasteiger partial charge in [-0.25, -0.2) is 4.68 Å². The number of nitriles is 1. The molecule has 0 aliphatic rings. The molecule has 0 aliphatic heterocycles. The normalized spacial score (nSPS) is 10.3. The van der Waals surface area contributed by atoms with Crippen molar-refractivity contribution in [1.29, 1.82) is 5.26 Å². The molecule has 0 bridgehead atoms. The number of para-hydroxylation sites is 1. The molecule has 0 unspecified atom stereocenters. The molecule has 7 nitrogen and oxygen atoms in total. The molecule has 1 amide bonds. The van der Waals surface area contributed by atoms with Crippen molar-refractivity contribution in [3.8, 4) is 17.5 Å². The summed E-state index contributed by atoms with van der Waals surface area (Å²) in [6, 6.07) is 19.1. The maximum Gasteiger partial charge on any atom is 0.257 e. The van der Waals surface area contributed by atoms with Crippen molar-refractivity contribution < 1.29 is 9.53 Å². The number of nitrogens with one attached hydrogen (secondary N) is 1. The molecule has 3 aromatic rings. The van der Waals surface area contributed by atoms with Gasteiger partial charge in [-0.15, -0.1) is 0 Å². The first kappa shape index (κ1) is 20.0. The van der Waals surface area contributed by atoms with Gasteiger partial charge in [0, 0.05) is 6.54 Å².